The number of phenolic OH excluding ortho intramolecular Hbond substituents is 1. The minimum atomic E-state index is -3.64. The van der Waals surface area contributed by atoms with Crippen molar-refractivity contribution in [3.05, 3.63) is 40.8 Å². The summed E-state index contributed by atoms with van der Waals surface area (Å²) in [4.78, 5) is 0.145. The van der Waals surface area contributed by atoms with E-state index in [2.05, 4.69) is 5.16 Å². The van der Waals surface area contributed by atoms with E-state index in [1.54, 1.807) is 26.0 Å². The summed E-state index contributed by atoms with van der Waals surface area (Å²) in [6.45, 7) is 3.87. The standard InChI is InChI=1S/C14H16N2O4S/c1-9-14(10(2)20-15-9)21(18,19)16-6-5-11-3-4-13(17)7-12(11)8-16/h3-4,7,17H,5-6,8H2,1-2H3. The van der Waals surface area contributed by atoms with Crippen LogP contribution in [-0.2, 0) is 23.0 Å². The molecule has 0 saturated heterocycles. The molecule has 7 heteroatoms. The maximum atomic E-state index is 12.7. The van der Waals surface area contributed by atoms with E-state index in [9.17, 15) is 13.5 Å². The van der Waals surface area contributed by atoms with Gasteiger partial charge in [0.1, 0.15) is 16.3 Å². The van der Waals surface area contributed by atoms with Crippen molar-refractivity contribution >= 4 is 10.0 Å². The summed E-state index contributed by atoms with van der Waals surface area (Å²) in [6, 6.07) is 5.08. The third-order valence-corrected chi connectivity index (χ3v) is 5.82. The first-order chi connectivity index (χ1) is 9.89. The molecule has 21 heavy (non-hydrogen) atoms. The van der Waals surface area contributed by atoms with Gasteiger partial charge in [-0.3, -0.25) is 0 Å². The van der Waals surface area contributed by atoms with E-state index in [0.29, 0.717) is 24.4 Å². The summed E-state index contributed by atoms with van der Waals surface area (Å²) in [6.07, 6.45) is 0.623. The highest BCUT2D eigenvalue weighted by atomic mass is 32.2. The Hall–Kier alpha value is -1.86. The van der Waals surface area contributed by atoms with Gasteiger partial charge in [-0.2, -0.15) is 4.31 Å². The number of sulfonamides is 1. The van der Waals surface area contributed by atoms with Gasteiger partial charge < -0.3 is 9.63 Å². The van der Waals surface area contributed by atoms with Crippen LogP contribution in [0.3, 0.4) is 0 Å². The molecular formula is C14H16N2O4S. The Balaban J connectivity index is 1.99. The number of phenols is 1. The molecule has 1 aromatic carbocycles. The van der Waals surface area contributed by atoms with Crippen LogP contribution in [0.1, 0.15) is 22.6 Å². The first-order valence-electron chi connectivity index (χ1n) is 6.63. The number of aromatic hydroxyl groups is 1. The predicted molar refractivity (Wildman–Crippen MR) is 75.4 cm³/mol. The Morgan fingerprint density at radius 3 is 2.71 bits per heavy atom. The quantitative estimate of drug-likeness (QED) is 0.913. The second kappa shape index (κ2) is 4.85. The second-order valence-corrected chi connectivity index (χ2v) is 7.07. The van der Waals surface area contributed by atoms with Gasteiger partial charge >= 0.3 is 0 Å². The number of hydrogen-bond acceptors (Lipinski definition) is 5. The van der Waals surface area contributed by atoms with Gasteiger partial charge in [-0.15, -0.1) is 0 Å². The van der Waals surface area contributed by atoms with Crippen LogP contribution >= 0.6 is 0 Å². The third kappa shape index (κ3) is 2.32. The molecule has 2 aromatic rings. The topological polar surface area (TPSA) is 83.6 Å². The largest absolute Gasteiger partial charge is 0.508 e. The summed E-state index contributed by atoms with van der Waals surface area (Å²) in [5, 5.41) is 13.3. The fourth-order valence-electron chi connectivity index (χ4n) is 2.69. The van der Waals surface area contributed by atoms with Crippen LogP contribution in [0, 0.1) is 13.8 Å². The fourth-order valence-corrected chi connectivity index (χ4v) is 4.40. The first kappa shape index (κ1) is 14.1. The minimum absolute atomic E-state index is 0.144. The van der Waals surface area contributed by atoms with Crippen molar-refractivity contribution in [2.45, 2.75) is 31.7 Å². The van der Waals surface area contributed by atoms with Crippen molar-refractivity contribution in [2.24, 2.45) is 0 Å². The zero-order valence-corrected chi connectivity index (χ0v) is 12.6. The van der Waals surface area contributed by atoms with Crippen molar-refractivity contribution < 1.29 is 18.0 Å². The molecule has 0 radical (unpaired) electrons. The molecule has 0 saturated carbocycles. The summed E-state index contributed by atoms with van der Waals surface area (Å²) in [7, 11) is -3.64. The minimum Gasteiger partial charge on any atom is -0.508 e. The van der Waals surface area contributed by atoms with Crippen LogP contribution in [0.25, 0.3) is 0 Å². The molecule has 0 amide bonds. The molecule has 0 atom stereocenters. The van der Waals surface area contributed by atoms with Gasteiger partial charge in [0.2, 0.25) is 10.0 Å². The van der Waals surface area contributed by atoms with E-state index in [0.717, 1.165) is 11.1 Å². The lowest BCUT2D eigenvalue weighted by Crippen LogP contribution is -2.36. The Labute approximate surface area is 123 Å². The van der Waals surface area contributed by atoms with Crippen molar-refractivity contribution in [3.8, 4) is 5.75 Å². The van der Waals surface area contributed by atoms with Gasteiger partial charge in [-0.05, 0) is 43.5 Å². The lowest BCUT2D eigenvalue weighted by atomic mass is 10.0. The molecule has 1 N–H and O–H groups in total. The van der Waals surface area contributed by atoms with Crippen molar-refractivity contribution in [1.29, 1.82) is 0 Å². The normalized spacial score (nSPS) is 15.9. The maximum absolute atomic E-state index is 12.7. The monoisotopic (exact) mass is 308 g/mol. The smallest absolute Gasteiger partial charge is 0.248 e. The first-order valence-corrected chi connectivity index (χ1v) is 8.07. The van der Waals surface area contributed by atoms with Crippen LogP contribution in [0.15, 0.2) is 27.6 Å². The number of nitrogens with zero attached hydrogens (tertiary/aromatic N) is 2. The average Bonchev–Trinajstić information content (AvgIpc) is 2.77. The number of fused-ring (bicyclic) bond motifs is 1. The van der Waals surface area contributed by atoms with Gasteiger partial charge in [0.15, 0.2) is 5.76 Å². The van der Waals surface area contributed by atoms with Gasteiger partial charge in [-0.25, -0.2) is 8.42 Å². The summed E-state index contributed by atoms with van der Waals surface area (Å²) < 4.78 is 31.9. The number of benzene rings is 1. The molecule has 0 unspecified atom stereocenters. The molecule has 0 bridgehead atoms. The van der Waals surface area contributed by atoms with Crippen LogP contribution in [-0.4, -0.2) is 29.5 Å². The number of rotatable bonds is 2. The maximum Gasteiger partial charge on any atom is 0.248 e. The zero-order valence-electron chi connectivity index (χ0n) is 11.8. The molecule has 1 aliphatic heterocycles. The molecule has 112 valence electrons. The fraction of sp³-hybridized carbons (Fsp3) is 0.357. The zero-order chi connectivity index (χ0) is 15.2. The van der Waals surface area contributed by atoms with Gasteiger partial charge in [0, 0.05) is 13.1 Å². The van der Waals surface area contributed by atoms with E-state index in [4.69, 9.17) is 4.52 Å². The molecule has 6 nitrogen and oxygen atoms in total. The average molecular weight is 308 g/mol. The lowest BCUT2D eigenvalue weighted by Gasteiger charge is -2.28. The van der Waals surface area contributed by atoms with Crippen molar-refractivity contribution in [1.82, 2.24) is 9.46 Å². The molecular weight excluding hydrogens is 292 g/mol. The van der Waals surface area contributed by atoms with Gasteiger partial charge in [-0.1, -0.05) is 11.2 Å². The molecule has 1 aromatic heterocycles. The molecule has 0 spiro atoms. The molecule has 3 rings (SSSR count). The Bertz CT molecular complexity index is 776. The van der Waals surface area contributed by atoms with E-state index in [1.807, 2.05) is 6.07 Å². The van der Waals surface area contributed by atoms with E-state index >= 15 is 0 Å². The van der Waals surface area contributed by atoms with E-state index in [-0.39, 0.29) is 17.2 Å². The highest BCUT2D eigenvalue weighted by Gasteiger charge is 2.33. The Kier molecular flexibility index (Phi) is 3.26. The summed E-state index contributed by atoms with van der Waals surface area (Å²) in [5.74, 6) is 0.444. The Morgan fingerprint density at radius 1 is 1.29 bits per heavy atom. The second-order valence-electron chi connectivity index (χ2n) is 5.19. The molecule has 0 fully saturated rings. The summed E-state index contributed by atoms with van der Waals surface area (Å²) >= 11 is 0. The number of hydrogen-bond donors (Lipinski definition) is 1. The van der Waals surface area contributed by atoms with Crippen molar-refractivity contribution in [3.63, 3.8) is 0 Å². The van der Waals surface area contributed by atoms with Crippen LogP contribution in [0.5, 0.6) is 5.75 Å². The van der Waals surface area contributed by atoms with Crippen LogP contribution in [0.2, 0.25) is 0 Å². The number of aromatic nitrogens is 1. The van der Waals surface area contributed by atoms with E-state index in [1.165, 1.54) is 4.31 Å². The lowest BCUT2D eigenvalue weighted by molar-refractivity contribution is 0.380. The SMILES string of the molecule is Cc1noc(C)c1S(=O)(=O)N1CCc2ccc(O)cc2C1. The van der Waals surface area contributed by atoms with E-state index < -0.39 is 10.0 Å². The molecule has 1 aliphatic rings. The molecule has 2 heterocycles. The molecule has 0 aliphatic carbocycles. The predicted octanol–water partition coefficient (Wildman–Crippen LogP) is 1.74. The highest BCUT2D eigenvalue weighted by Crippen LogP contribution is 2.29. The van der Waals surface area contributed by atoms with Crippen molar-refractivity contribution in [2.75, 3.05) is 6.54 Å². The number of aryl methyl sites for hydroxylation is 2. The van der Waals surface area contributed by atoms with Crippen LogP contribution < -0.4 is 0 Å². The Morgan fingerprint density at radius 2 is 2.05 bits per heavy atom. The van der Waals surface area contributed by atoms with Gasteiger partial charge in [0.05, 0.1) is 0 Å². The van der Waals surface area contributed by atoms with Crippen LogP contribution in [0.4, 0.5) is 0 Å². The third-order valence-electron chi connectivity index (χ3n) is 3.73. The summed E-state index contributed by atoms with van der Waals surface area (Å²) in [5.41, 5.74) is 2.27. The van der Waals surface area contributed by atoms with Gasteiger partial charge in [0.25, 0.3) is 0 Å². The highest BCUT2D eigenvalue weighted by molar-refractivity contribution is 7.89.